The van der Waals surface area contributed by atoms with Crippen molar-refractivity contribution in [1.82, 2.24) is 10.3 Å². The van der Waals surface area contributed by atoms with Gasteiger partial charge in [-0.3, -0.25) is 19.7 Å². The van der Waals surface area contributed by atoms with Crippen molar-refractivity contribution in [2.45, 2.75) is 24.9 Å². The van der Waals surface area contributed by atoms with Crippen molar-refractivity contribution in [2.75, 3.05) is 4.90 Å². The third-order valence-corrected chi connectivity index (χ3v) is 7.71. The molecule has 8 heteroatoms. The van der Waals surface area contributed by atoms with Gasteiger partial charge in [-0.1, -0.05) is 48.5 Å². The molecule has 0 spiro atoms. The van der Waals surface area contributed by atoms with Crippen LogP contribution in [0.15, 0.2) is 79.0 Å². The number of para-hydroxylation sites is 2. The fourth-order valence-corrected chi connectivity index (χ4v) is 6.06. The molecule has 2 aliphatic rings. The smallest absolute Gasteiger partial charge is 0.325 e. The van der Waals surface area contributed by atoms with Gasteiger partial charge in [0.2, 0.25) is 11.8 Å². The molecule has 37 heavy (non-hydrogen) atoms. The van der Waals surface area contributed by atoms with Gasteiger partial charge in [0, 0.05) is 35.1 Å². The summed E-state index contributed by atoms with van der Waals surface area (Å²) in [5, 5.41) is 25.4. The van der Waals surface area contributed by atoms with Crippen LogP contribution < -0.4 is 10.2 Å². The van der Waals surface area contributed by atoms with Gasteiger partial charge >= 0.3 is 5.97 Å². The highest BCUT2D eigenvalue weighted by molar-refractivity contribution is 6.24. The zero-order valence-corrected chi connectivity index (χ0v) is 20.0. The van der Waals surface area contributed by atoms with Crippen LogP contribution >= 0.6 is 0 Å². The highest BCUT2D eigenvalue weighted by atomic mass is 16.4. The Labute approximate surface area is 212 Å². The van der Waals surface area contributed by atoms with E-state index in [1.165, 1.54) is 6.07 Å². The second-order valence-electron chi connectivity index (χ2n) is 9.85. The summed E-state index contributed by atoms with van der Waals surface area (Å²) in [6, 6.07) is 20.2. The number of phenolic OH excluding ortho intramolecular Hbond substituents is 1. The highest BCUT2D eigenvalue weighted by Gasteiger charge is 2.69. The lowest BCUT2D eigenvalue weighted by molar-refractivity contribution is -0.148. The first kappa shape index (κ1) is 23.0. The summed E-state index contributed by atoms with van der Waals surface area (Å²) >= 11 is 0. The number of aromatic nitrogens is 1. The number of hydrogen-bond donors (Lipinski definition) is 4. The van der Waals surface area contributed by atoms with Gasteiger partial charge in [-0.25, -0.2) is 4.90 Å². The summed E-state index contributed by atoms with van der Waals surface area (Å²) in [6.07, 6.45) is 1.72. The van der Waals surface area contributed by atoms with Crippen molar-refractivity contribution in [3.05, 3.63) is 95.7 Å². The zero-order chi connectivity index (χ0) is 25.9. The van der Waals surface area contributed by atoms with E-state index in [1.54, 1.807) is 42.6 Å². The van der Waals surface area contributed by atoms with Gasteiger partial charge in [0.15, 0.2) is 0 Å². The van der Waals surface area contributed by atoms with Crippen molar-refractivity contribution in [3.63, 3.8) is 0 Å². The Morgan fingerprint density at radius 3 is 2.51 bits per heavy atom. The normalized spacial score (nSPS) is 25.1. The van der Waals surface area contributed by atoms with E-state index in [0.29, 0.717) is 11.3 Å². The Morgan fingerprint density at radius 2 is 1.76 bits per heavy atom. The number of H-pyrrole nitrogens is 1. The molecule has 8 nitrogen and oxygen atoms in total. The first-order valence-corrected chi connectivity index (χ1v) is 12.1. The molecule has 0 unspecified atom stereocenters. The molecular formula is C29H25N3O5. The monoisotopic (exact) mass is 495 g/mol. The summed E-state index contributed by atoms with van der Waals surface area (Å²) in [4.78, 5) is 45.3. The van der Waals surface area contributed by atoms with Crippen LogP contribution in [0, 0.1) is 18.8 Å². The minimum Gasteiger partial charge on any atom is -0.508 e. The van der Waals surface area contributed by atoms with Gasteiger partial charge in [0.05, 0.1) is 17.5 Å². The van der Waals surface area contributed by atoms with E-state index >= 15 is 0 Å². The van der Waals surface area contributed by atoms with E-state index < -0.39 is 41.2 Å². The molecule has 0 saturated carbocycles. The number of carboxylic acids is 1. The van der Waals surface area contributed by atoms with Gasteiger partial charge in [0.1, 0.15) is 11.3 Å². The average molecular weight is 496 g/mol. The number of amides is 2. The van der Waals surface area contributed by atoms with Crippen LogP contribution in [0.3, 0.4) is 0 Å². The number of phenols is 1. The summed E-state index contributed by atoms with van der Waals surface area (Å²) in [7, 11) is 0. The lowest BCUT2D eigenvalue weighted by Crippen LogP contribution is -2.57. The number of fused-ring (bicyclic) bond motifs is 2. The van der Waals surface area contributed by atoms with Crippen molar-refractivity contribution >= 4 is 34.4 Å². The molecular weight excluding hydrogens is 470 g/mol. The van der Waals surface area contributed by atoms with E-state index in [2.05, 4.69) is 10.3 Å². The Kier molecular flexibility index (Phi) is 5.17. The Morgan fingerprint density at radius 1 is 1.00 bits per heavy atom. The molecule has 4 N–H and O–H groups in total. The summed E-state index contributed by atoms with van der Waals surface area (Å²) in [6.45, 7) is 1.86. The van der Waals surface area contributed by atoms with Gasteiger partial charge in [0.25, 0.3) is 0 Å². The minimum absolute atomic E-state index is 0.0295. The number of aromatic amines is 1. The SMILES string of the molecule is Cc1cccc(N2C(=O)[C@H]3[C@@H](c4ccccc4O)N[C@](Cc4c[nH]c5ccccc45)(C(=O)O)[C@@H]3C2=O)c1. The second-order valence-corrected chi connectivity index (χ2v) is 9.85. The van der Waals surface area contributed by atoms with E-state index in [4.69, 9.17) is 0 Å². The molecule has 1 aromatic heterocycles. The molecule has 2 fully saturated rings. The Bertz CT molecular complexity index is 1580. The maximum atomic E-state index is 14.0. The second kappa shape index (κ2) is 8.31. The van der Waals surface area contributed by atoms with Crippen LogP contribution in [0.1, 0.15) is 22.7 Å². The fourth-order valence-electron chi connectivity index (χ4n) is 6.06. The maximum Gasteiger partial charge on any atom is 0.325 e. The number of imide groups is 1. The predicted molar refractivity (Wildman–Crippen MR) is 137 cm³/mol. The molecule has 186 valence electrons. The van der Waals surface area contributed by atoms with Crippen molar-refractivity contribution in [3.8, 4) is 5.75 Å². The number of carboxylic acid groups (broad SMARTS) is 1. The number of carbonyl (C=O) groups is 3. The molecule has 2 aliphatic heterocycles. The first-order chi connectivity index (χ1) is 17.8. The van der Waals surface area contributed by atoms with Crippen LogP contribution in [0.25, 0.3) is 10.9 Å². The number of rotatable bonds is 5. The van der Waals surface area contributed by atoms with E-state index in [1.807, 2.05) is 37.3 Å². The third-order valence-electron chi connectivity index (χ3n) is 7.71. The number of anilines is 1. The molecule has 4 aromatic rings. The summed E-state index contributed by atoms with van der Waals surface area (Å²) in [5.41, 5.74) is 1.44. The lowest BCUT2D eigenvalue weighted by Gasteiger charge is -2.31. The summed E-state index contributed by atoms with van der Waals surface area (Å²) in [5.74, 6) is -4.53. The Hall–Kier alpha value is -4.43. The number of benzene rings is 3. The van der Waals surface area contributed by atoms with Gasteiger partial charge in [-0.05, 0) is 42.3 Å². The standard InChI is InChI=1S/C29H25N3O5/c1-16-7-6-8-18(13-16)32-26(34)23-24(27(32)35)29(28(36)37,31-25(23)20-10-3-5-12-22(20)33)14-17-15-30-21-11-4-2-9-19(17)21/h2-13,15,23-25,30-31,33H,14H2,1H3,(H,36,37)/t23-,24+,25-,29+/m1/s1. The van der Waals surface area contributed by atoms with E-state index in [-0.39, 0.29) is 12.2 Å². The van der Waals surface area contributed by atoms with E-state index in [9.17, 15) is 24.6 Å². The topological polar surface area (TPSA) is 123 Å². The third kappa shape index (κ3) is 3.37. The number of aromatic hydroxyl groups is 1. The highest BCUT2D eigenvalue weighted by Crippen LogP contribution is 2.52. The largest absolute Gasteiger partial charge is 0.508 e. The number of aryl methyl sites for hydroxylation is 1. The van der Waals surface area contributed by atoms with Crippen molar-refractivity contribution in [2.24, 2.45) is 11.8 Å². The first-order valence-electron chi connectivity index (χ1n) is 12.1. The number of aliphatic carboxylic acids is 1. The predicted octanol–water partition coefficient (Wildman–Crippen LogP) is 3.70. The Balaban J connectivity index is 1.53. The van der Waals surface area contributed by atoms with Crippen LogP contribution in [-0.2, 0) is 20.8 Å². The number of nitrogens with zero attached hydrogens (tertiary/aromatic N) is 1. The van der Waals surface area contributed by atoms with Gasteiger partial charge in [-0.2, -0.15) is 0 Å². The molecule has 2 amide bonds. The molecule has 6 rings (SSSR count). The van der Waals surface area contributed by atoms with Crippen LogP contribution in [0.2, 0.25) is 0 Å². The van der Waals surface area contributed by atoms with Crippen molar-refractivity contribution in [1.29, 1.82) is 0 Å². The minimum atomic E-state index is -1.78. The van der Waals surface area contributed by atoms with Gasteiger partial charge < -0.3 is 15.2 Å². The molecule has 3 aromatic carbocycles. The van der Waals surface area contributed by atoms with Crippen LogP contribution in [-0.4, -0.2) is 38.5 Å². The average Bonchev–Trinajstić information content (AvgIpc) is 3.52. The van der Waals surface area contributed by atoms with Crippen molar-refractivity contribution < 1.29 is 24.6 Å². The number of carbonyl (C=O) groups excluding carboxylic acids is 2. The van der Waals surface area contributed by atoms with Crippen LogP contribution in [0.4, 0.5) is 5.69 Å². The molecule has 2 saturated heterocycles. The molecule has 0 radical (unpaired) electrons. The molecule has 0 aliphatic carbocycles. The van der Waals surface area contributed by atoms with E-state index in [0.717, 1.165) is 26.9 Å². The molecule has 0 bridgehead atoms. The van der Waals surface area contributed by atoms with Gasteiger partial charge in [-0.15, -0.1) is 0 Å². The summed E-state index contributed by atoms with van der Waals surface area (Å²) < 4.78 is 0. The molecule has 3 heterocycles. The molecule has 4 atom stereocenters. The lowest BCUT2D eigenvalue weighted by atomic mass is 9.76. The zero-order valence-electron chi connectivity index (χ0n) is 20.0. The number of nitrogens with one attached hydrogen (secondary N) is 2. The quantitative estimate of drug-likeness (QED) is 0.313. The number of hydrogen-bond acceptors (Lipinski definition) is 5. The fraction of sp³-hybridized carbons (Fsp3) is 0.207. The van der Waals surface area contributed by atoms with Crippen LogP contribution in [0.5, 0.6) is 5.75 Å². The maximum absolute atomic E-state index is 14.0.